The zero-order valence-electron chi connectivity index (χ0n) is 17.3. The van der Waals surface area contributed by atoms with Crippen LogP contribution in [0.3, 0.4) is 0 Å². The summed E-state index contributed by atoms with van der Waals surface area (Å²) in [5, 5.41) is 12.3. The zero-order chi connectivity index (χ0) is 21.3. The number of fused-ring (bicyclic) bond motifs is 1. The van der Waals surface area contributed by atoms with Crippen LogP contribution in [-0.4, -0.2) is 15.0 Å². The molecule has 1 amide bonds. The summed E-state index contributed by atoms with van der Waals surface area (Å²) < 4.78 is 2.31. The number of rotatable bonds is 5. The molecule has 7 heteroatoms. The van der Waals surface area contributed by atoms with E-state index >= 15 is 0 Å². The molecule has 0 saturated heterocycles. The number of carbonyl (C=O) groups is 1. The number of hydrogen-bond donors (Lipinski definition) is 1. The summed E-state index contributed by atoms with van der Waals surface area (Å²) in [5.74, 6) is -0.0632. The molecule has 2 heterocycles. The van der Waals surface area contributed by atoms with E-state index in [9.17, 15) is 19.6 Å². The third kappa shape index (κ3) is 3.75. The first-order valence-electron chi connectivity index (χ1n) is 9.95. The minimum absolute atomic E-state index is 0.0413. The van der Waals surface area contributed by atoms with Gasteiger partial charge >= 0.3 is 5.69 Å². The van der Waals surface area contributed by atoms with Crippen molar-refractivity contribution in [2.45, 2.75) is 65.5 Å². The van der Waals surface area contributed by atoms with Gasteiger partial charge in [-0.1, -0.05) is 45.9 Å². The fraction of sp³-hybridized carbons (Fsp3) is 0.455. The average Bonchev–Trinajstić information content (AvgIpc) is 3.15. The summed E-state index contributed by atoms with van der Waals surface area (Å²) in [6, 6.07) is 7.82. The molecule has 0 radical (unpaired) electrons. The molecule has 0 aliphatic carbocycles. The van der Waals surface area contributed by atoms with Gasteiger partial charge in [0.2, 0.25) is 5.91 Å². The van der Waals surface area contributed by atoms with Gasteiger partial charge in [-0.15, -0.1) is 0 Å². The maximum absolute atomic E-state index is 12.8. The van der Waals surface area contributed by atoms with Crippen LogP contribution >= 0.6 is 0 Å². The lowest BCUT2D eigenvalue weighted by molar-refractivity contribution is -0.116. The van der Waals surface area contributed by atoms with Crippen molar-refractivity contribution >= 4 is 11.6 Å². The third-order valence-corrected chi connectivity index (χ3v) is 5.38. The lowest BCUT2D eigenvalue weighted by Crippen LogP contribution is -2.44. The minimum Gasteiger partial charge on any atom is -0.324 e. The van der Waals surface area contributed by atoms with Gasteiger partial charge in [0.15, 0.2) is 0 Å². The van der Waals surface area contributed by atoms with Gasteiger partial charge in [0.05, 0.1) is 0 Å². The molecule has 1 aromatic heterocycles. The number of nitrogens with zero attached hydrogens (tertiary/aromatic N) is 3. The number of hydrogen-bond acceptors (Lipinski definition) is 4. The Morgan fingerprint density at radius 3 is 2.34 bits per heavy atom. The first-order chi connectivity index (χ1) is 13.8. The largest absolute Gasteiger partial charge is 0.331 e. The molecule has 3 rings (SSSR count). The van der Waals surface area contributed by atoms with E-state index in [2.05, 4.69) is 5.32 Å². The van der Waals surface area contributed by atoms with Gasteiger partial charge in [-0.3, -0.25) is 14.2 Å². The number of nitrogens with one attached hydrogen (secondary N) is 1. The molecular formula is C22H26N4O3. The van der Waals surface area contributed by atoms with E-state index < -0.39 is 23.7 Å². The summed E-state index contributed by atoms with van der Waals surface area (Å²) in [4.78, 5) is 38.2. The highest BCUT2D eigenvalue weighted by atomic mass is 16.2. The molecule has 0 atom stereocenters. The van der Waals surface area contributed by atoms with E-state index in [1.54, 1.807) is 0 Å². The highest BCUT2D eigenvalue weighted by Crippen LogP contribution is 2.32. The predicted molar refractivity (Wildman–Crippen MR) is 111 cm³/mol. The van der Waals surface area contributed by atoms with E-state index in [0.717, 1.165) is 21.4 Å². The average molecular weight is 394 g/mol. The molecule has 1 aliphatic rings. The molecule has 152 valence electrons. The molecule has 1 aromatic carbocycles. The van der Waals surface area contributed by atoms with Crippen molar-refractivity contribution in [3.63, 3.8) is 0 Å². The summed E-state index contributed by atoms with van der Waals surface area (Å²) in [5.41, 5.74) is 1.95. The third-order valence-electron chi connectivity index (χ3n) is 5.38. The van der Waals surface area contributed by atoms with Gasteiger partial charge in [-0.2, -0.15) is 5.26 Å². The van der Waals surface area contributed by atoms with Gasteiger partial charge in [-0.25, -0.2) is 9.36 Å². The number of carbonyl (C=O) groups excluding carboxylic acids is 1. The first kappa shape index (κ1) is 20.6. The molecule has 0 fully saturated rings. The summed E-state index contributed by atoms with van der Waals surface area (Å²) in [7, 11) is 0. The Bertz CT molecular complexity index is 1090. The van der Waals surface area contributed by atoms with Crippen molar-refractivity contribution in [1.82, 2.24) is 9.13 Å². The molecule has 1 N–H and O–H groups in total. The van der Waals surface area contributed by atoms with Crippen LogP contribution in [0.25, 0.3) is 0 Å². The number of anilines is 1. The Hall–Kier alpha value is -3.14. The van der Waals surface area contributed by atoms with Crippen LogP contribution in [0.2, 0.25) is 0 Å². The van der Waals surface area contributed by atoms with E-state index in [1.165, 1.54) is 4.57 Å². The normalized spacial score (nSPS) is 12.9. The minimum atomic E-state index is -0.693. The van der Waals surface area contributed by atoms with Gasteiger partial charge in [0, 0.05) is 17.9 Å². The number of amides is 1. The lowest BCUT2D eigenvalue weighted by atomic mass is 9.92. The van der Waals surface area contributed by atoms with Crippen LogP contribution in [0, 0.1) is 11.3 Å². The number of aromatic nitrogens is 2. The van der Waals surface area contributed by atoms with Crippen LogP contribution in [0.5, 0.6) is 0 Å². The number of nitriles is 1. The highest BCUT2D eigenvalue weighted by Gasteiger charge is 2.24. The van der Waals surface area contributed by atoms with Crippen molar-refractivity contribution in [1.29, 1.82) is 5.26 Å². The van der Waals surface area contributed by atoms with E-state index in [0.29, 0.717) is 25.1 Å². The quantitative estimate of drug-likeness (QED) is 0.843. The van der Waals surface area contributed by atoms with Gasteiger partial charge in [0.1, 0.15) is 18.2 Å². The van der Waals surface area contributed by atoms with E-state index in [-0.39, 0.29) is 17.4 Å². The van der Waals surface area contributed by atoms with Crippen molar-refractivity contribution in [3.05, 3.63) is 61.4 Å². The Kier molecular flexibility index (Phi) is 5.73. The Morgan fingerprint density at radius 1 is 1.17 bits per heavy atom. The first-order valence-corrected chi connectivity index (χ1v) is 9.95. The fourth-order valence-electron chi connectivity index (χ4n) is 3.91. The van der Waals surface area contributed by atoms with Crippen LogP contribution < -0.4 is 16.6 Å². The number of para-hydroxylation sites is 1. The monoisotopic (exact) mass is 394 g/mol. The van der Waals surface area contributed by atoms with Crippen LogP contribution in [0.1, 0.15) is 68.3 Å². The highest BCUT2D eigenvalue weighted by molar-refractivity contribution is 5.92. The predicted octanol–water partition coefficient (Wildman–Crippen LogP) is 2.71. The Balaban J connectivity index is 2.00. The topological polar surface area (TPSA) is 96.9 Å². The van der Waals surface area contributed by atoms with Gasteiger partial charge in [-0.05, 0) is 35.8 Å². The molecule has 0 spiro atoms. The Labute approximate surface area is 169 Å². The van der Waals surface area contributed by atoms with Gasteiger partial charge < -0.3 is 5.32 Å². The maximum Gasteiger partial charge on any atom is 0.331 e. The molecule has 0 saturated carbocycles. The van der Waals surface area contributed by atoms with Gasteiger partial charge in [0.25, 0.3) is 5.56 Å². The molecule has 29 heavy (non-hydrogen) atoms. The zero-order valence-corrected chi connectivity index (χ0v) is 17.3. The maximum atomic E-state index is 12.8. The second-order valence-electron chi connectivity index (χ2n) is 8.03. The van der Waals surface area contributed by atoms with Crippen molar-refractivity contribution < 1.29 is 4.79 Å². The second kappa shape index (κ2) is 8.08. The van der Waals surface area contributed by atoms with Crippen LogP contribution in [0.15, 0.2) is 27.8 Å². The van der Waals surface area contributed by atoms with Crippen molar-refractivity contribution in [2.75, 3.05) is 5.32 Å². The summed E-state index contributed by atoms with van der Waals surface area (Å²) in [6.07, 6.45) is 1.24. The Morgan fingerprint density at radius 2 is 1.79 bits per heavy atom. The molecular weight excluding hydrogens is 368 g/mol. The fourth-order valence-corrected chi connectivity index (χ4v) is 3.91. The summed E-state index contributed by atoms with van der Waals surface area (Å²) >= 11 is 0. The molecule has 1 aliphatic heterocycles. The second-order valence-corrected chi connectivity index (χ2v) is 8.03. The summed E-state index contributed by atoms with van der Waals surface area (Å²) in [6.45, 7) is 8.23. The molecule has 0 bridgehead atoms. The van der Waals surface area contributed by atoms with Crippen LogP contribution in [-0.2, 0) is 24.3 Å². The van der Waals surface area contributed by atoms with Crippen LogP contribution in [0.4, 0.5) is 5.69 Å². The van der Waals surface area contributed by atoms with E-state index in [4.69, 9.17) is 0 Å². The SMILES string of the molecule is CC(C)c1cccc(C(C)C)c1NC(=O)Cn1c(=O)c(C#N)c2n(c1=O)CCC2. The smallest absolute Gasteiger partial charge is 0.324 e. The van der Waals surface area contributed by atoms with Crippen molar-refractivity contribution in [3.8, 4) is 6.07 Å². The lowest BCUT2D eigenvalue weighted by Gasteiger charge is -2.20. The standard InChI is InChI=1S/C22H26N4O3/c1-13(2)15-7-5-8-16(14(3)4)20(15)24-19(27)12-26-21(28)17(11-23)18-9-6-10-25(18)22(26)29/h5,7-8,13-14H,6,9-10,12H2,1-4H3,(H,24,27). The molecule has 0 unspecified atom stereocenters. The van der Waals surface area contributed by atoms with Crippen molar-refractivity contribution in [2.24, 2.45) is 0 Å². The molecule has 7 nitrogen and oxygen atoms in total. The van der Waals surface area contributed by atoms with E-state index in [1.807, 2.05) is 52.0 Å². The molecule has 2 aromatic rings. The number of benzene rings is 1.